The lowest BCUT2D eigenvalue weighted by Gasteiger charge is -2.11. The fraction of sp³-hybridized carbons (Fsp3) is 0.294. The Bertz CT molecular complexity index is 838. The van der Waals surface area contributed by atoms with E-state index in [1.807, 2.05) is 31.3 Å². The average molecular weight is 483 g/mol. The smallest absolute Gasteiger partial charge is 0.191 e. The van der Waals surface area contributed by atoms with E-state index in [2.05, 4.69) is 37.6 Å². The van der Waals surface area contributed by atoms with Gasteiger partial charge < -0.3 is 10.6 Å². The monoisotopic (exact) mass is 483 g/mol. The molecule has 0 aromatic carbocycles. The third-order valence-electron chi connectivity index (χ3n) is 3.71. The van der Waals surface area contributed by atoms with E-state index in [0.717, 1.165) is 28.0 Å². The summed E-state index contributed by atoms with van der Waals surface area (Å²) in [5.74, 6) is 1.53. The number of hydrogen-bond donors (Lipinski definition) is 2. The molecule has 0 spiro atoms. The number of pyridine rings is 1. The topological polar surface area (TPSA) is 80.0 Å². The van der Waals surface area contributed by atoms with Gasteiger partial charge in [-0.05, 0) is 37.6 Å². The van der Waals surface area contributed by atoms with E-state index in [9.17, 15) is 0 Å². The van der Waals surface area contributed by atoms with Gasteiger partial charge in [-0.3, -0.25) is 4.99 Å². The lowest BCUT2D eigenvalue weighted by molar-refractivity contribution is 0.796. The van der Waals surface area contributed by atoms with Crippen molar-refractivity contribution in [3.05, 3.63) is 57.9 Å². The second-order valence-corrected chi connectivity index (χ2v) is 6.79. The molecule has 0 bridgehead atoms. The van der Waals surface area contributed by atoms with Crippen molar-refractivity contribution < 1.29 is 0 Å². The van der Waals surface area contributed by atoms with Gasteiger partial charge in [0.05, 0.1) is 12.2 Å². The summed E-state index contributed by atoms with van der Waals surface area (Å²) in [5, 5.41) is 11.9. The number of rotatable bonds is 5. The summed E-state index contributed by atoms with van der Waals surface area (Å²) >= 11 is 1.71. The van der Waals surface area contributed by atoms with Crippen LogP contribution in [-0.4, -0.2) is 32.8 Å². The Balaban J connectivity index is 0.00000243. The number of guanidine groups is 1. The van der Waals surface area contributed by atoms with Crippen molar-refractivity contribution in [3.8, 4) is 5.82 Å². The molecule has 0 aliphatic rings. The van der Waals surface area contributed by atoms with Crippen molar-refractivity contribution in [3.63, 3.8) is 0 Å². The first-order chi connectivity index (χ1) is 12.2. The SMILES string of the molecule is CN=C(NCc1ccnc(-n2cccn2)c1)NCc1nc(C)c(C)s1.I. The highest BCUT2D eigenvalue weighted by Crippen LogP contribution is 2.15. The molecule has 0 amide bonds. The predicted octanol–water partition coefficient (Wildman–Crippen LogP) is 2.82. The maximum absolute atomic E-state index is 4.53. The Morgan fingerprint density at radius 1 is 1.23 bits per heavy atom. The molecule has 0 unspecified atom stereocenters. The van der Waals surface area contributed by atoms with Crippen LogP contribution in [0.4, 0.5) is 0 Å². The second-order valence-electron chi connectivity index (χ2n) is 5.50. The highest BCUT2D eigenvalue weighted by molar-refractivity contribution is 14.0. The van der Waals surface area contributed by atoms with Gasteiger partial charge in [0.25, 0.3) is 0 Å². The average Bonchev–Trinajstić information content (AvgIpc) is 3.26. The molecule has 0 saturated carbocycles. The predicted molar refractivity (Wildman–Crippen MR) is 115 cm³/mol. The van der Waals surface area contributed by atoms with Gasteiger partial charge in [0.15, 0.2) is 11.8 Å². The molecule has 0 radical (unpaired) electrons. The van der Waals surface area contributed by atoms with Gasteiger partial charge in [0, 0.05) is 37.1 Å². The zero-order chi connectivity index (χ0) is 17.6. The number of aryl methyl sites for hydroxylation is 2. The molecule has 26 heavy (non-hydrogen) atoms. The number of thiazole rings is 1. The molecule has 3 aromatic rings. The van der Waals surface area contributed by atoms with Crippen LogP contribution in [0.5, 0.6) is 0 Å². The van der Waals surface area contributed by atoms with E-state index in [1.54, 1.807) is 35.5 Å². The second kappa shape index (κ2) is 9.62. The summed E-state index contributed by atoms with van der Waals surface area (Å²) < 4.78 is 1.74. The number of nitrogens with one attached hydrogen (secondary N) is 2. The molecule has 2 N–H and O–H groups in total. The summed E-state index contributed by atoms with van der Waals surface area (Å²) in [4.78, 5) is 14.4. The van der Waals surface area contributed by atoms with Gasteiger partial charge in [-0.15, -0.1) is 35.3 Å². The van der Waals surface area contributed by atoms with E-state index in [0.29, 0.717) is 13.1 Å². The molecule has 7 nitrogen and oxygen atoms in total. The third-order valence-corrected chi connectivity index (χ3v) is 4.79. The van der Waals surface area contributed by atoms with Crippen LogP contribution >= 0.6 is 35.3 Å². The summed E-state index contributed by atoms with van der Waals surface area (Å²) in [5.41, 5.74) is 2.19. The van der Waals surface area contributed by atoms with Crippen LogP contribution in [0.1, 0.15) is 21.1 Å². The Morgan fingerprint density at radius 3 is 2.69 bits per heavy atom. The summed E-state index contributed by atoms with van der Waals surface area (Å²) in [7, 11) is 1.76. The summed E-state index contributed by atoms with van der Waals surface area (Å²) in [6.45, 7) is 5.42. The Kier molecular flexibility index (Phi) is 7.51. The van der Waals surface area contributed by atoms with Gasteiger partial charge in [0.1, 0.15) is 5.01 Å². The van der Waals surface area contributed by atoms with Gasteiger partial charge in [-0.1, -0.05) is 0 Å². The fourth-order valence-electron chi connectivity index (χ4n) is 2.28. The van der Waals surface area contributed by atoms with Crippen molar-refractivity contribution in [2.24, 2.45) is 4.99 Å². The molecule has 9 heteroatoms. The Labute approximate surface area is 174 Å². The van der Waals surface area contributed by atoms with E-state index in [4.69, 9.17) is 0 Å². The number of hydrogen-bond acceptors (Lipinski definition) is 5. The molecule has 3 rings (SSSR count). The highest BCUT2D eigenvalue weighted by Gasteiger charge is 2.05. The van der Waals surface area contributed by atoms with Crippen LogP contribution in [0.3, 0.4) is 0 Å². The fourth-order valence-corrected chi connectivity index (χ4v) is 3.15. The minimum Gasteiger partial charge on any atom is -0.352 e. The van der Waals surface area contributed by atoms with Gasteiger partial charge in [-0.2, -0.15) is 5.10 Å². The molecule has 0 aliphatic heterocycles. The largest absolute Gasteiger partial charge is 0.352 e. The summed E-state index contributed by atoms with van der Waals surface area (Å²) in [6, 6.07) is 5.85. The van der Waals surface area contributed by atoms with Crippen LogP contribution in [0.25, 0.3) is 5.82 Å². The van der Waals surface area contributed by atoms with Gasteiger partial charge in [0.2, 0.25) is 0 Å². The van der Waals surface area contributed by atoms with E-state index >= 15 is 0 Å². The molecular weight excluding hydrogens is 461 g/mol. The Hall–Kier alpha value is -2.01. The minimum atomic E-state index is 0. The molecule has 0 aliphatic carbocycles. The molecule has 138 valence electrons. The van der Waals surface area contributed by atoms with E-state index in [1.165, 1.54) is 4.88 Å². The van der Waals surface area contributed by atoms with Crippen LogP contribution in [-0.2, 0) is 13.1 Å². The van der Waals surface area contributed by atoms with Gasteiger partial charge >= 0.3 is 0 Å². The quantitative estimate of drug-likeness (QED) is 0.332. The molecule has 3 aromatic heterocycles. The van der Waals surface area contributed by atoms with E-state index < -0.39 is 0 Å². The third kappa shape index (κ3) is 5.24. The minimum absolute atomic E-state index is 0. The Morgan fingerprint density at radius 2 is 2.04 bits per heavy atom. The van der Waals surface area contributed by atoms with Crippen LogP contribution in [0, 0.1) is 13.8 Å². The van der Waals surface area contributed by atoms with E-state index in [-0.39, 0.29) is 24.0 Å². The maximum atomic E-state index is 4.53. The number of aliphatic imine (C=N–C) groups is 1. The van der Waals surface area contributed by atoms with Crippen LogP contribution in [0.2, 0.25) is 0 Å². The van der Waals surface area contributed by atoms with Crippen LogP contribution in [0.15, 0.2) is 41.8 Å². The van der Waals surface area contributed by atoms with Crippen molar-refractivity contribution in [2.45, 2.75) is 26.9 Å². The number of nitrogens with zero attached hydrogens (tertiary/aromatic N) is 5. The summed E-state index contributed by atoms with van der Waals surface area (Å²) in [6.07, 6.45) is 5.39. The standard InChI is InChI=1S/C17H21N7S.HI/c1-12-13(2)25-16(23-12)11-21-17(18-3)20-10-14-5-7-19-15(9-14)24-8-4-6-22-24;/h4-9H,10-11H2,1-3H3,(H2,18,20,21);1H. The first kappa shape index (κ1) is 20.3. The molecule has 0 saturated heterocycles. The van der Waals surface area contributed by atoms with Crippen molar-refractivity contribution in [1.29, 1.82) is 0 Å². The molecule has 3 heterocycles. The number of aromatic nitrogens is 4. The maximum Gasteiger partial charge on any atom is 0.191 e. The van der Waals surface area contributed by atoms with Crippen LogP contribution < -0.4 is 10.6 Å². The molecule has 0 fully saturated rings. The zero-order valence-corrected chi connectivity index (χ0v) is 18.1. The molecular formula is C17H22IN7S. The molecule has 0 atom stereocenters. The van der Waals surface area contributed by atoms with Crippen molar-refractivity contribution >= 4 is 41.3 Å². The zero-order valence-electron chi connectivity index (χ0n) is 14.9. The first-order valence-electron chi connectivity index (χ1n) is 7.98. The normalized spacial score (nSPS) is 11.1. The van der Waals surface area contributed by atoms with Gasteiger partial charge in [-0.25, -0.2) is 14.6 Å². The highest BCUT2D eigenvalue weighted by atomic mass is 127. The van der Waals surface area contributed by atoms with Crippen molar-refractivity contribution in [2.75, 3.05) is 7.05 Å². The number of halogens is 1. The lowest BCUT2D eigenvalue weighted by Crippen LogP contribution is -2.36. The first-order valence-corrected chi connectivity index (χ1v) is 8.79. The lowest BCUT2D eigenvalue weighted by atomic mass is 10.2. The van der Waals surface area contributed by atoms with Crippen molar-refractivity contribution in [1.82, 2.24) is 30.4 Å².